The van der Waals surface area contributed by atoms with Crippen LogP contribution in [-0.4, -0.2) is 23.7 Å². The number of amides is 1. The van der Waals surface area contributed by atoms with E-state index < -0.39 is 40.8 Å². The number of rotatable bonds is 8. The van der Waals surface area contributed by atoms with Crippen LogP contribution in [0.2, 0.25) is 0 Å². The lowest BCUT2D eigenvalue weighted by Crippen LogP contribution is -2.34. The lowest BCUT2D eigenvalue weighted by atomic mass is 9.85. The van der Waals surface area contributed by atoms with E-state index in [-0.39, 0.29) is 23.6 Å². The fourth-order valence-corrected chi connectivity index (χ4v) is 4.19. The molecule has 1 N–H and O–H groups in total. The van der Waals surface area contributed by atoms with Crippen LogP contribution in [0.15, 0.2) is 42.5 Å². The van der Waals surface area contributed by atoms with Crippen molar-refractivity contribution in [2.75, 3.05) is 5.32 Å². The molecule has 2 aromatic carbocycles. The van der Waals surface area contributed by atoms with Gasteiger partial charge in [-0.3, -0.25) is 9.59 Å². The maximum absolute atomic E-state index is 14.6. The predicted octanol–water partition coefficient (Wildman–Crippen LogP) is 6.97. The Hall–Kier alpha value is -2.90. The Labute approximate surface area is 209 Å². The maximum Gasteiger partial charge on any atom is 0.392 e. The molecule has 0 radical (unpaired) electrons. The van der Waals surface area contributed by atoms with E-state index in [0.717, 1.165) is 18.6 Å². The van der Waals surface area contributed by atoms with E-state index in [0.29, 0.717) is 24.8 Å². The molecule has 0 unspecified atom stereocenters. The van der Waals surface area contributed by atoms with Gasteiger partial charge < -0.3 is 10.1 Å². The van der Waals surface area contributed by atoms with Gasteiger partial charge in [-0.05, 0) is 75.3 Å². The summed E-state index contributed by atoms with van der Waals surface area (Å²) in [5, 5.41) is 2.37. The Bertz CT molecular complexity index is 1100. The number of benzene rings is 2. The lowest BCUT2D eigenvalue weighted by Gasteiger charge is -2.26. The number of esters is 1. The zero-order valence-corrected chi connectivity index (χ0v) is 21.3. The van der Waals surface area contributed by atoms with Crippen molar-refractivity contribution in [1.29, 1.82) is 0 Å². The molecule has 36 heavy (non-hydrogen) atoms. The Balaban J connectivity index is 1.85. The minimum atomic E-state index is -4.63. The van der Waals surface area contributed by atoms with Gasteiger partial charge in [-0.15, -0.1) is 0 Å². The first-order valence-corrected chi connectivity index (χ1v) is 12.1. The molecular formula is C28H33F4NO3. The molecule has 196 valence electrons. The van der Waals surface area contributed by atoms with E-state index in [4.69, 9.17) is 4.74 Å². The van der Waals surface area contributed by atoms with Gasteiger partial charge in [-0.25, -0.2) is 4.39 Å². The summed E-state index contributed by atoms with van der Waals surface area (Å²) < 4.78 is 61.1. The number of alkyl halides is 3. The monoisotopic (exact) mass is 507 g/mol. The highest BCUT2D eigenvalue weighted by atomic mass is 19.4. The van der Waals surface area contributed by atoms with Crippen LogP contribution >= 0.6 is 0 Å². The number of anilines is 1. The van der Waals surface area contributed by atoms with Crippen molar-refractivity contribution in [3.8, 4) is 0 Å². The van der Waals surface area contributed by atoms with Crippen molar-refractivity contribution >= 4 is 17.6 Å². The molecule has 0 spiro atoms. The SMILES string of the molecule is CCc1ccc([C@@H](C(=O)Nc2cc(CC3(C(=O)OC(C)(C)C)CC3)ccc2F)[C@@H](C)C(F)(F)F)cc1. The molecule has 0 aliphatic heterocycles. The fraction of sp³-hybridized carbons (Fsp3) is 0.500. The normalized spacial score (nSPS) is 16.7. The molecule has 1 amide bonds. The largest absolute Gasteiger partial charge is 0.460 e. The summed E-state index contributed by atoms with van der Waals surface area (Å²) in [6.45, 7) is 8.20. The molecule has 2 atom stereocenters. The van der Waals surface area contributed by atoms with Gasteiger partial charge in [0.05, 0.1) is 22.9 Å². The molecule has 0 aromatic heterocycles. The van der Waals surface area contributed by atoms with Crippen LogP contribution < -0.4 is 5.32 Å². The van der Waals surface area contributed by atoms with Gasteiger partial charge in [0.1, 0.15) is 11.4 Å². The van der Waals surface area contributed by atoms with Crippen LogP contribution in [0.3, 0.4) is 0 Å². The summed E-state index contributed by atoms with van der Waals surface area (Å²) in [5.74, 6) is -5.60. The standard InChI is InChI=1S/C28H33F4NO3/c1-6-18-7-10-20(11-8-18)23(17(2)28(30,31)32)24(34)33-22-15-19(9-12-21(22)29)16-27(13-14-27)25(35)36-26(3,4)5/h7-12,15,17,23H,6,13-14,16H2,1-5H3,(H,33,34)/t17-,23+/m1/s1. The van der Waals surface area contributed by atoms with Crippen molar-refractivity contribution < 1.29 is 31.9 Å². The maximum atomic E-state index is 14.6. The van der Waals surface area contributed by atoms with E-state index in [1.165, 1.54) is 24.3 Å². The van der Waals surface area contributed by atoms with Gasteiger partial charge in [-0.1, -0.05) is 44.2 Å². The molecule has 0 bridgehead atoms. The average Bonchev–Trinajstić information content (AvgIpc) is 3.56. The first-order chi connectivity index (χ1) is 16.6. The number of nitrogens with one attached hydrogen (secondary N) is 1. The van der Waals surface area contributed by atoms with Crippen LogP contribution in [0.25, 0.3) is 0 Å². The molecule has 1 saturated carbocycles. The van der Waals surface area contributed by atoms with Crippen LogP contribution in [0, 0.1) is 17.2 Å². The van der Waals surface area contributed by atoms with E-state index in [2.05, 4.69) is 5.32 Å². The molecular weight excluding hydrogens is 474 g/mol. The number of hydrogen-bond donors (Lipinski definition) is 1. The van der Waals surface area contributed by atoms with Crippen LogP contribution in [-0.2, 0) is 27.2 Å². The second-order valence-electron chi connectivity index (χ2n) is 10.7. The van der Waals surface area contributed by atoms with Crippen molar-refractivity contribution in [1.82, 2.24) is 0 Å². The highest BCUT2D eigenvalue weighted by Gasteiger charge is 2.52. The minimum Gasteiger partial charge on any atom is -0.460 e. The minimum absolute atomic E-state index is 0.202. The highest BCUT2D eigenvalue weighted by Crippen LogP contribution is 2.50. The topological polar surface area (TPSA) is 55.4 Å². The first kappa shape index (κ1) is 27.7. The van der Waals surface area contributed by atoms with E-state index in [1.54, 1.807) is 32.9 Å². The molecule has 4 nitrogen and oxygen atoms in total. The third kappa shape index (κ3) is 6.65. The van der Waals surface area contributed by atoms with Gasteiger partial charge in [-0.2, -0.15) is 13.2 Å². The molecule has 8 heteroatoms. The van der Waals surface area contributed by atoms with Gasteiger partial charge in [0, 0.05) is 0 Å². The third-order valence-corrected chi connectivity index (χ3v) is 6.56. The number of carbonyl (C=O) groups excluding carboxylic acids is 2. The van der Waals surface area contributed by atoms with E-state index in [1.807, 2.05) is 6.92 Å². The lowest BCUT2D eigenvalue weighted by molar-refractivity contribution is -0.178. The van der Waals surface area contributed by atoms with Gasteiger partial charge in [0.2, 0.25) is 5.91 Å². The Morgan fingerprint density at radius 1 is 1.03 bits per heavy atom. The summed E-state index contributed by atoms with van der Waals surface area (Å²) in [6.07, 6.45) is -2.39. The van der Waals surface area contributed by atoms with Gasteiger partial charge in [0.15, 0.2) is 0 Å². The summed E-state index contributed by atoms with van der Waals surface area (Å²) in [6, 6.07) is 10.4. The van der Waals surface area contributed by atoms with Crippen LogP contribution in [0.1, 0.15) is 70.1 Å². The zero-order chi connectivity index (χ0) is 26.9. The van der Waals surface area contributed by atoms with Crippen LogP contribution in [0.5, 0.6) is 0 Å². The van der Waals surface area contributed by atoms with Crippen molar-refractivity contribution in [3.63, 3.8) is 0 Å². The average molecular weight is 508 g/mol. The second-order valence-corrected chi connectivity index (χ2v) is 10.7. The van der Waals surface area contributed by atoms with E-state index >= 15 is 0 Å². The summed E-state index contributed by atoms with van der Waals surface area (Å²) in [5.41, 5.74) is 0.141. The summed E-state index contributed by atoms with van der Waals surface area (Å²) in [4.78, 5) is 25.8. The Morgan fingerprint density at radius 2 is 1.61 bits per heavy atom. The summed E-state index contributed by atoms with van der Waals surface area (Å²) in [7, 11) is 0. The second kappa shape index (κ2) is 10.2. The van der Waals surface area contributed by atoms with Gasteiger partial charge >= 0.3 is 12.1 Å². The fourth-order valence-electron chi connectivity index (χ4n) is 4.19. The van der Waals surface area contributed by atoms with Crippen molar-refractivity contribution in [2.45, 2.75) is 78.0 Å². The van der Waals surface area contributed by atoms with E-state index in [9.17, 15) is 27.2 Å². The summed E-state index contributed by atoms with van der Waals surface area (Å²) >= 11 is 0. The number of aryl methyl sites for hydroxylation is 1. The predicted molar refractivity (Wildman–Crippen MR) is 130 cm³/mol. The number of carbonyl (C=O) groups is 2. The van der Waals surface area contributed by atoms with Crippen LogP contribution in [0.4, 0.5) is 23.2 Å². The molecule has 1 aliphatic rings. The molecule has 1 aliphatic carbocycles. The quantitative estimate of drug-likeness (QED) is 0.310. The number of ether oxygens (including phenoxy) is 1. The molecule has 1 fully saturated rings. The highest BCUT2D eigenvalue weighted by molar-refractivity contribution is 5.96. The molecule has 3 rings (SSSR count). The Kier molecular flexibility index (Phi) is 7.86. The Morgan fingerprint density at radius 3 is 2.11 bits per heavy atom. The molecule has 0 saturated heterocycles. The van der Waals surface area contributed by atoms with Crippen molar-refractivity contribution in [3.05, 3.63) is 65.0 Å². The van der Waals surface area contributed by atoms with Gasteiger partial charge in [0.25, 0.3) is 0 Å². The zero-order valence-electron chi connectivity index (χ0n) is 21.3. The number of halogens is 4. The third-order valence-electron chi connectivity index (χ3n) is 6.56. The molecule has 2 aromatic rings. The van der Waals surface area contributed by atoms with Crippen molar-refractivity contribution in [2.24, 2.45) is 11.3 Å². The smallest absolute Gasteiger partial charge is 0.392 e. The number of hydrogen-bond acceptors (Lipinski definition) is 3. The first-order valence-electron chi connectivity index (χ1n) is 12.1. The molecule has 0 heterocycles.